The van der Waals surface area contributed by atoms with E-state index in [-0.39, 0.29) is 17.0 Å². The zero-order valence-electron chi connectivity index (χ0n) is 14.5. The molecule has 0 unspecified atom stereocenters. The second-order valence-electron chi connectivity index (χ2n) is 6.27. The van der Waals surface area contributed by atoms with E-state index in [1.165, 1.54) is 10.6 Å². The lowest BCUT2D eigenvalue weighted by Crippen LogP contribution is -2.38. The first-order valence-electron chi connectivity index (χ1n) is 8.27. The number of rotatable bonds is 7. The topological polar surface area (TPSA) is 76.5 Å². The number of aromatic nitrogens is 2. The zero-order valence-corrected chi connectivity index (χ0v) is 15.3. The number of imidazole rings is 1. The fourth-order valence-corrected chi connectivity index (χ4v) is 4.67. The van der Waals surface area contributed by atoms with Gasteiger partial charge in [0.15, 0.2) is 5.03 Å². The van der Waals surface area contributed by atoms with Crippen LogP contribution in [0.15, 0.2) is 47.9 Å². The Morgan fingerprint density at radius 1 is 1.28 bits per heavy atom. The number of nitrogens with zero attached hydrogens (tertiary/aromatic N) is 3. The van der Waals surface area contributed by atoms with E-state index < -0.39 is 10.0 Å². The number of benzene rings is 1. The van der Waals surface area contributed by atoms with Gasteiger partial charge in [0, 0.05) is 51.9 Å². The van der Waals surface area contributed by atoms with E-state index in [4.69, 9.17) is 4.74 Å². The van der Waals surface area contributed by atoms with Crippen molar-refractivity contribution in [2.75, 3.05) is 33.4 Å². The van der Waals surface area contributed by atoms with E-state index in [1.807, 2.05) is 30.3 Å². The highest BCUT2D eigenvalue weighted by Gasteiger charge is 2.40. The van der Waals surface area contributed by atoms with Crippen LogP contribution in [0.25, 0.3) is 0 Å². The lowest BCUT2D eigenvalue weighted by atomic mass is 9.94. The van der Waals surface area contributed by atoms with Crippen molar-refractivity contribution < 1.29 is 13.2 Å². The molecule has 8 heteroatoms. The SMILES string of the molecule is COCCN[C@H]1CN(S(=O)(=O)c2cn(C)cn2)C[C@@H]1c1ccccc1. The van der Waals surface area contributed by atoms with Crippen LogP contribution in [-0.2, 0) is 21.8 Å². The number of sulfonamides is 1. The van der Waals surface area contributed by atoms with Crippen molar-refractivity contribution >= 4 is 10.0 Å². The molecule has 7 nitrogen and oxygen atoms in total. The third kappa shape index (κ3) is 3.92. The molecule has 1 aliphatic rings. The van der Waals surface area contributed by atoms with Crippen molar-refractivity contribution in [1.82, 2.24) is 19.2 Å². The minimum absolute atomic E-state index is 0.0380. The van der Waals surface area contributed by atoms with Crippen LogP contribution in [0, 0.1) is 0 Å². The molecule has 0 radical (unpaired) electrons. The quantitative estimate of drug-likeness (QED) is 0.736. The van der Waals surface area contributed by atoms with Gasteiger partial charge in [0.2, 0.25) is 0 Å². The van der Waals surface area contributed by atoms with Crippen LogP contribution >= 0.6 is 0 Å². The van der Waals surface area contributed by atoms with Gasteiger partial charge < -0.3 is 14.6 Å². The van der Waals surface area contributed by atoms with Gasteiger partial charge in [0.25, 0.3) is 10.0 Å². The summed E-state index contributed by atoms with van der Waals surface area (Å²) in [5, 5.41) is 3.53. The Kier molecular flexibility index (Phi) is 5.53. The summed E-state index contributed by atoms with van der Waals surface area (Å²) in [5.74, 6) is 0.0940. The van der Waals surface area contributed by atoms with Crippen LogP contribution in [0.4, 0.5) is 0 Å². The molecule has 2 heterocycles. The molecule has 3 rings (SSSR count). The lowest BCUT2D eigenvalue weighted by Gasteiger charge is -2.20. The van der Waals surface area contributed by atoms with E-state index in [0.29, 0.717) is 26.2 Å². The standard InChI is InChI=1S/C17H24N4O3S/c1-20-12-17(19-13-20)25(22,23)21-10-15(14-6-4-3-5-7-14)16(11-21)18-8-9-24-2/h3-7,12-13,15-16,18H,8-11H2,1-2H3/t15-,16+/m1/s1. The number of aryl methyl sites for hydroxylation is 1. The maximum atomic E-state index is 12.9. The molecule has 1 fully saturated rings. The molecule has 1 saturated heterocycles. The van der Waals surface area contributed by atoms with Gasteiger partial charge in [-0.2, -0.15) is 4.31 Å². The first-order valence-corrected chi connectivity index (χ1v) is 9.71. The van der Waals surface area contributed by atoms with Gasteiger partial charge in [-0.05, 0) is 5.56 Å². The molecule has 25 heavy (non-hydrogen) atoms. The Morgan fingerprint density at radius 2 is 2.04 bits per heavy atom. The van der Waals surface area contributed by atoms with E-state index in [9.17, 15) is 8.42 Å². The molecule has 0 aliphatic carbocycles. The van der Waals surface area contributed by atoms with Crippen molar-refractivity contribution in [2.45, 2.75) is 17.0 Å². The molecular weight excluding hydrogens is 340 g/mol. The Balaban J connectivity index is 1.83. The highest BCUT2D eigenvalue weighted by atomic mass is 32.2. The summed E-state index contributed by atoms with van der Waals surface area (Å²) >= 11 is 0. The molecule has 1 aromatic carbocycles. The fraction of sp³-hybridized carbons (Fsp3) is 0.471. The Hall–Kier alpha value is -1.74. The molecule has 1 N–H and O–H groups in total. The predicted molar refractivity (Wildman–Crippen MR) is 94.8 cm³/mol. The normalized spacial score (nSPS) is 21.7. The van der Waals surface area contributed by atoms with Crippen LogP contribution in [0.2, 0.25) is 0 Å². The average molecular weight is 364 g/mol. The van der Waals surface area contributed by atoms with Crippen LogP contribution < -0.4 is 5.32 Å². The van der Waals surface area contributed by atoms with Crippen molar-refractivity contribution in [1.29, 1.82) is 0 Å². The fourth-order valence-electron chi connectivity index (χ4n) is 3.21. The summed E-state index contributed by atoms with van der Waals surface area (Å²) in [4.78, 5) is 4.02. The zero-order chi connectivity index (χ0) is 17.9. The van der Waals surface area contributed by atoms with Gasteiger partial charge in [-0.1, -0.05) is 30.3 Å². The number of hydrogen-bond acceptors (Lipinski definition) is 5. The minimum Gasteiger partial charge on any atom is -0.383 e. The summed E-state index contributed by atoms with van der Waals surface area (Å²) in [6.45, 7) is 2.13. The van der Waals surface area contributed by atoms with Gasteiger partial charge in [0.1, 0.15) is 0 Å². The minimum atomic E-state index is -3.59. The molecule has 1 aromatic heterocycles. The number of hydrogen-bond donors (Lipinski definition) is 1. The van der Waals surface area contributed by atoms with E-state index in [0.717, 1.165) is 5.56 Å². The third-order valence-corrected chi connectivity index (χ3v) is 6.23. The summed E-state index contributed by atoms with van der Waals surface area (Å²) in [6.07, 6.45) is 3.05. The van der Waals surface area contributed by atoms with Crippen LogP contribution in [0.5, 0.6) is 0 Å². The average Bonchev–Trinajstić information content (AvgIpc) is 3.23. The summed E-state index contributed by atoms with van der Waals surface area (Å²) in [6, 6.07) is 10.1. The van der Waals surface area contributed by atoms with Crippen LogP contribution in [0.1, 0.15) is 11.5 Å². The predicted octanol–water partition coefficient (Wildman–Crippen LogP) is 0.813. The maximum absolute atomic E-state index is 12.9. The molecule has 0 amide bonds. The number of ether oxygens (including phenoxy) is 1. The monoisotopic (exact) mass is 364 g/mol. The van der Waals surface area contributed by atoms with Crippen LogP contribution in [0.3, 0.4) is 0 Å². The molecule has 0 saturated carbocycles. The maximum Gasteiger partial charge on any atom is 0.262 e. The molecule has 1 aliphatic heterocycles. The van der Waals surface area contributed by atoms with E-state index in [1.54, 1.807) is 24.9 Å². The first-order chi connectivity index (χ1) is 12.0. The summed E-state index contributed by atoms with van der Waals surface area (Å²) in [7, 11) is -0.175. The van der Waals surface area contributed by atoms with E-state index >= 15 is 0 Å². The summed E-state index contributed by atoms with van der Waals surface area (Å²) in [5.41, 5.74) is 1.14. The van der Waals surface area contributed by atoms with Gasteiger partial charge in [-0.25, -0.2) is 13.4 Å². The number of nitrogens with one attached hydrogen (secondary N) is 1. The Bertz CT molecular complexity index is 791. The van der Waals surface area contributed by atoms with Gasteiger partial charge in [0.05, 0.1) is 12.9 Å². The third-order valence-electron chi connectivity index (χ3n) is 4.51. The van der Waals surface area contributed by atoms with Gasteiger partial charge in [-0.15, -0.1) is 0 Å². The molecule has 0 bridgehead atoms. The van der Waals surface area contributed by atoms with Gasteiger partial charge in [-0.3, -0.25) is 0 Å². The van der Waals surface area contributed by atoms with Gasteiger partial charge >= 0.3 is 0 Å². The van der Waals surface area contributed by atoms with Crippen molar-refractivity contribution in [3.8, 4) is 0 Å². The van der Waals surface area contributed by atoms with E-state index in [2.05, 4.69) is 10.3 Å². The molecular formula is C17H24N4O3S. The number of methoxy groups -OCH3 is 1. The molecule has 2 aromatic rings. The smallest absolute Gasteiger partial charge is 0.262 e. The summed E-state index contributed by atoms with van der Waals surface area (Å²) < 4.78 is 34.1. The molecule has 136 valence electrons. The van der Waals surface area contributed by atoms with Crippen LogP contribution in [-0.4, -0.2) is 61.7 Å². The van der Waals surface area contributed by atoms with Crippen molar-refractivity contribution in [3.05, 3.63) is 48.4 Å². The Labute approximate surface area is 148 Å². The second kappa shape index (κ2) is 7.65. The first kappa shape index (κ1) is 18.1. The Morgan fingerprint density at radius 3 is 2.68 bits per heavy atom. The highest BCUT2D eigenvalue weighted by molar-refractivity contribution is 7.89. The second-order valence-corrected chi connectivity index (χ2v) is 8.15. The molecule has 0 spiro atoms. The lowest BCUT2D eigenvalue weighted by molar-refractivity contribution is 0.195. The molecule has 2 atom stereocenters. The highest BCUT2D eigenvalue weighted by Crippen LogP contribution is 2.31. The largest absolute Gasteiger partial charge is 0.383 e. The van der Waals surface area contributed by atoms with Crippen molar-refractivity contribution in [3.63, 3.8) is 0 Å². The van der Waals surface area contributed by atoms with Crippen molar-refractivity contribution in [2.24, 2.45) is 7.05 Å².